The SMILES string of the molecule is CC1CCC(OC(=O)c2ccc(S(C)(=O)=O)cc2)CC1. The van der Waals surface area contributed by atoms with Crippen LogP contribution in [0.15, 0.2) is 29.2 Å². The van der Waals surface area contributed by atoms with E-state index in [9.17, 15) is 13.2 Å². The summed E-state index contributed by atoms with van der Waals surface area (Å²) in [5, 5.41) is 0. The zero-order valence-corrected chi connectivity index (χ0v) is 12.7. The van der Waals surface area contributed by atoms with Gasteiger partial charge in [0, 0.05) is 6.26 Å². The summed E-state index contributed by atoms with van der Waals surface area (Å²) in [6.45, 7) is 2.21. The molecule has 0 amide bonds. The van der Waals surface area contributed by atoms with Crippen LogP contribution in [0.2, 0.25) is 0 Å². The first-order chi connectivity index (χ1) is 9.36. The molecule has 1 fully saturated rings. The Morgan fingerprint density at radius 3 is 2.15 bits per heavy atom. The second-order valence-corrected chi connectivity index (χ2v) is 7.60. The maximum absolute atomic E-state index is 12.0. The van der Waals surface area contributed by atoms with Crippen LogP contribution in [-0.2, 0) is 14.6 Å². The summed E-state index contributed by atoms with van der Waals surface area (Å²) >= 11 is 0. The summed E-state index contributed by atoms with van der Waals surface area (Å²) in [4.78, 5) is 12.2. The lowest BCUT2D eigenvalue weighted by molar-refractivity contribution is 0.0173. The van der Waals surface area contributed by atoms with Crippen LogP contribution in [0.25, 0.3) is 0 Å². The molecule has 0 heterocycles. The lowest BCUT2D eigenvalue weighted by atomic mass is 9.89. The molecule has 1 aliphatic rings. The quantitative estimate of drug-likeness (QED) is 0.805. The van der Waals surface area contributed by atoms with Crippen molar-refractivity contribution >= 4 is 15.8 Å². The molecule has 0 N–H and O–H groups in total. The molecule has 0 atom stereocenters. The lowest BCUT2D eigenvalue weighted by Crippen LogP contribution is -2.23. The Kier molecular flexibility index (Phi) is 4.48. The highest BCUT2D eigenvalue weighted by Crippen LogP contribution is 2.26. The number of carbonyl (C=O) groups excluding carboxylic acids is 1. The third kappa shape index (κ3) is 3.82. The summed E-state index contributed by atoms with van der Waals surface area (Å²) in [5.41, 5.74) is 0.399. The van der Waals surface area contributed by atoms with Crippen molar-refractivity contribution < 1.29 is 17.9 Å². The second kappa shape index (κ2) is 5.95. The van der Waals surface area contributed by atoms with Gasteiger partial charge in [-0.25, -0.2) is 13.2 Å². The van der Waals surface area contributed by atoms with E-state index in [0.717, 1.165) is 31.9 Å². The van der Waals surface area contributed by atoms with Gasteiger partial charge in [-0.05, 0) is 55.9 Å². The van der Waals surface area contributed by atoms with Crippen LogP contribution < -0.4 is 0 Å². The molecule has 0 bridgehead atoms. The molecular weight excluding hydrogens is 276 g/mol. The van der Waals surface area contributed by atoms with Crippen molar-refractivity contribution in [3.05, 3.63) is 29.8 Å². The molecule has 1 saturated carbocycles. The molecule has 1 aliphatic carbocycles. The van der Waals surface area contributed by atoms with Gasteiger partial charge in [-0.2, -0.15) is 0 Å². The topological polar surface area (TPSA) is 60.4 Å². The predicted octanol–water partition coefficient (Wildman–Crippen LogP) is 2.83. The summed E-state index contributed by atoms with van der Waals surface area (Å²) in [6, 6.07) is 5.89. The van der Waals surface area contributed by atoms with Gasteiger partial charge in [-0.3, -0.25) is 0 Å². The minimum atomic E-state index is -3.23. The van der Waals surface area contributed by atoms with Crippen LogP contribution in [0.3, 0.4) is 0 Å². The van der Waals surface area contributed by atoms with E-state index < -0.39 is 9.84 Å². The van der Waals surface area contributed by atoms with Crippen molar-refractivity contribution in [2.75, 3.05) is 6.26 Å². The minimum Gasteiger partial charge on any atom is -0.459 e. The van der Waals surface area contributed by atoms with Crippen molar-refractivity contribution in [2.24, 2.45) is 5.92 Å². The Hall–Kier alpha value is -1.36. The fraction of sp³-hybridized carbons (Fsp3) is 0.533. The Balaban J connectivity index is 1.99. The van der Waals surface area contributed by atoms with Crippen LogP contribution in [0, 0.1) is 5.92 Å². The normalized spacial score (nSPS) is 23.3. The van der Waals surface area contributed by atoms with E-state index in [2.05, 4.69) is 6.92 Å². The highest BCUT2D eigenvalue weighted by atomic mass is 32.2. The standard InChI is InChI=1S/C15H20O4S/c1-11-3-7-13(8-4-11)19-15(16)12-5-9-14(10-6-12)20(2,17)18/h5-6,9-11,13H,3-4,7-8H2,1-2H3. The number of carbonyl (C=O) groups is 1. The molecule has 0 aromatic heterocycles. The first-order valence-electron chi connectivity index (χ1n) is 6.87. The molecule has 20 heavy (non-hydrogen) atoms. The van der Waals surface area contributed by atoms with Crippen molar-refractivity contribution in [1.82, 2.24) is 0 Å². The van der Waals surface area contributed by atoms with E-state index in [1.54, 1.807) is 0 Å². The smallest absolute Gasteiger partial charge is 0.338 e. The number of sulfone groups is 1. The van der Waals surface area contributed by atoms with Crippen molar-refractivity contribution in [1.29, 1.82) is 0 Å². The van der Waals surface area contributed by atoms with Crippen molar-refractivity contribution in [2.45, 2.75) is 43.6 Å². The van der Waals surface area contributed by atoms with Crippen LogP contribution in [0.4, 0.5) is 0 Å². The van der Waals surface area contributed by atoms with Crippen LogP contribution >= 0.6 is 0 Å². The molecule has 1 aromatic carbocycles. The summed E-state index contributed by atoms with van der Waals surface area (Å²) in [6.07, 6.45) is 5.13. The number of ether oxygens (including phenoxy) is 1. The van der Waals surface area contributed by atoms with E-state index in [1.165, 1.54) is 24.3 Å². The molecule has 1 aromatic rings. The molecule has 2 rings (SSSR count). The fourth-order valence-corrected chi connectivity index (χ4v) is 3.04. The fourth-order valence-electron chi connectivity index (χ4n) is 2.40. The maximum Gasteiger partial charge on any atom is 0.338 e. The van der Waals surface area contributed by atoms with Gasteiger partial charge in [-0.1, -0.05) is 6.92 Å². The van der Waals surface area contributed by atoms with E-state index in [0.29, 0.717) is 11.5 Å². The number of esters is 1. The molecule has 0 radical (unpaired) electrons. The number of rotatable bonds is 3. The highest BCUT2D eigenvalue weighted by molar-refractivity contribution is 7.90. The molecular formula is C15H20O4S. The van der Waals surface area contributed by atoms with Gasteiger partial charge < -0.3 is 4.74 Å². The first-order valence-corrected chi connectivity index (χ1v) is 8.76. The molecule has 0 saturated heterocycles. The van der Waals surface area contributed by atoms with Crippen LogP contribution in [0.5, 0.6) is 0 Å². The third-order valence-electron chi connectivity index (χ3n) is 3.75. The number of hydrogen-bond donors (Lipinski definition) is 0. The Bertz CT molecular complexity index is 566. The monoisotopic (exact) mass is 296 g/mol. The van der Waals surface area contributed by atoms with Crippen LogP contribution in [-0.4, -0.2) is 26.7 Å². The molecule has 5 heteroatoms. The van der Waals surface area contributed by atoms with Gasteiger partial charge in [0.2, 0.25) is 0 Å². The first kappa shape index (κ1) is 15.0. The second-order valence-electron chi connectivity index (χ2n) is 5.58. The van der Waals surface area contributed by atoms with E-state index in [4.69, 9.17) is 4.74 Å². The van der Waals surface area contributed by atoms with Gasteiger partial charge in [-0.15, -0.1) is 0 Å². The van der Waals surface area contributed by atoms with Gasteiger partial charge in [0.05, 0.1) is 10.5 Å². The Morgan fingerprint density at radius 2 is 1.65 bits per heavy atom. The zero-order chi connectivity index (χ0) is 14.8. The van der Waals surface area contributed by atoms with Crippen molar-refractivity contribution in [3.63, 3.8) is 0 Å². The molecule has 0 spiro atoms. The number of benzene rings is 1. The van der Waals surface area contributed by atoms with Crippen molar-refractivity contribution in [3.8, 4) is 0 Å². The maximum atomic E-state index is 12.0. The Morgan fingerprint density at radius 1 is 1.10 bits per heavy atom. The average Bonchev–Trinajstić information content (AvgIpc) is 2.40. The summed E-state index contributed by atoms with van der Waals surface area (Å²) in [5.74, 6) is 0.337. The van der Waals surface area contributed by atoms with Gasteiger partial charge in [0.15, 0.2) is 9.84 Å². The predicted molar refractivity (Wildman–Crippen MR) is 76.4 cm³/mol. The molecule has 110 valence electrons. The molecule has 0 aliphatic heterocycles. The zero-order valence-electron chi connectivity index (χ0n) is 11.8. The highest BCUT2D eigenvalue weighted by Gasteiger charge is 2.22. The van der Waals surface area contributed by atoms with Gasteiger partial charge >= 0.3 is 5.97 Å². The summed E-state index contributed by atoms with van der Waals surface area (Å²) < 4.78 is 28.2. The van der Waals surface area contributed by atoms with E-state index in [-0.39, 0.29) is 17.0 Å². The largest absolute Gasteiger partial charge is 0.459 e. The number of hydrogen-bond acceptors (Lipinski definition) is 4. The lowest BCUT2D eigenvalue weighted by Gasteiger charge is -2.25. The van der Waals surface area contributed by atoms with Gasteiger partial charge in [0.1, 0.15) is 6.10 Å². The summed E-state index contributed by atoms with van der Waals surface area (Å²) in [7, 11) is -3.23. The van der Waals surface area contributed by atoms with E-state index in [1.807, 2.05) is 0 Å². The minimum absolute atomic E-state index is 0.00622. The molecule has 0 unspecified atom stereocenters. The third-order valence-corrected chi connectivity index (χ3v) is 4.88. The van der Waals surface area contributed by atoms with Gasteiger partial charge in [0.25, 0.3) is 0 Å². The Labute approximate surface area is 120 Å². The average molecular weight is 296 g/mol. The molecule has 4 nitrogen and oxygen atoms in total. The van der Waals surface area contributed by atoms with Crippen LogP contribution in [0.1, 0.15) is 43.0 Å². The van der Waals surface area contributed by atoms with E-state index >= 15 is 0 Å².